The van der Waals surface area contributed by atoms with Crippen LogP contribution in [-0.2, 0) is 10.4 Å². The van der Waals surface area contributed by atoms with Gasteiger partial charge in [-0.25, -0.2) is 0 Å². The number of Topliss-reactive ketones (excluding diaryl/α,β-unsaturated/α-hetero) is 1. The zero-order valence-corrected chi connectivity index (χ0v) is 9.84. The van der Waals surface area contributed by atoms with Crippen molar-refractivity contribution >= 4 is 5.78 Å². The first kappa shape index (κ1) is 15.6. The van der Waals surface area contributed by atoms with E-state index in [4.69, 9.17) is 0 Å². The Morgan fingerprint density at radius 1 is 1.11 bits per heavy atom. The molecule has 0 aliphatic rings. The molecule has 0 saturated carbocycles. The lowest BCUT2D eigenvalue weighted by molar-refractivity contribution is -0.345. The highest BCUT2D eigenvalue weighted by Gasteiger charge is 2.70. The van der Waals surface area contributed by atoms with Gasteiger partial charge in [-0.2, -0.15) is 22.0 Å². The maximum absolute atomic E-state index is 13.5. The number of benzene rings is 1. The van der Waals surface area contributed by atoms with Crippen LogP contribution in [0.25, 0.3) is 0 Å². The van der Waals surface area contributed by atoms with Crippen molar-refractivity contribution in [2.45, 2.75) is 31.0 Å². The number of hydrogen-bond acceptors (Lipinski definition) is 2. The van der Waals surface area contributed by atoms with Crippen molar-refractivity contribution in [3.63, 3.8) is 0 Å². The lowest BCUT2D eigenvalue weighted by atomic mass is 9.82. The fourth-order valence-corrected chi connectivity index (χ4v) is 1.70. The number of ketones is 1. The van der Waals surface area contributed by atoms with Gasteiger partial charge in [0.05, 0.1) is 0 Å². The van der Waals surface area contributed by atoms with Gasteiger partial charge in [0, 0.05) is 6.42 Å². The van der Waals surface area contributed by atoms with Crippen molar-refractivity contribution < 1.29 is 31.9 Å². The van der Waals surface area contributed by atoms with Gasteiger partial charge < -0.3 is 5.11 Å². The second-order valence-corrected chi connectivity index (χ2v) is 4.18. The van der Waals surface area contributed by atoms with Crippen LogP contribution in [0.1, 0.15) is 18.9 Å². The number of carbonyl (C=O) groups excluding carboxylic acids is 1. The summed E-state index contributed by atoms with van der Waals surface area (Å²) in [4.78, 5) is 10.9. The quantitative estimate of drug-likeness (QED) is 0.862. The Hall–Kier alpha value is -1.50. The molecule has 0 unspecified atom stereocenters. The highest BCUT2D eigenvalue weighted by molar-refractivity contribution is 5.77. The van der Waals surface area contributed by atoms with Crippen LogP contribution in [0.15, 0.2) is 30.3 Å². The highest BCUT2D eigenvalue weighted by atomic mass is 19.4. The van der Waals surface area contributed by atoms with Gasteiger partial charge in [-0.3, -0.25) is 4.79 Å². The maximum Gasteiger partial charge on any atom is 0.456 e. The van der Waals surface area contributed by atoms with Crippen LogP contribution >= 0.6 is 0 Å². The van der Waals surface area contributed by atoms with Crippen LogP contribution in [0.3, 0.4) is 0 Å². The molecule has 19 heavy (non-hydrogen) atoms. The zero-order valence-electron chi connectivity index (χ0n) is 9.84. The Labute approximate surface area is 105 Å². The molecule has 1 N–H and O–H groups in total. The van der Waals surface area contributed by atoms with Crippen LogP contribution in [-0.4, -0.2) is 23.0 Å². The SMILES string of the molecule is CC(=O)C[C@](O)(c1ccccc1)C(F)(F)C(F)(F)F. The minimum Gasteiger partial charge on any atom is -0.378 e. The molecule has 1 aromatic rings. The van der Waals surface area contributed by atoms with Gasteiger partial charge in [-0.05, 0) is 12.5 Å². The van der Waals surface area contributed by atoms with Gasteiger partial charge in [0.25, 0.3) is 0 Å². The predicted molar refractivity (Wildman–Crippen MR) is 56.6 cm³/mol. The molecular weight excluding hydrogens is 271 g/mol. The zero-order chi connectivity index (χ0) is 14.9. The van der Waals surface area contributed by atoms with E-state index in [0.717, 1.165) is 19.1 Å². The molecule has 0 amide bonds. The Kier molecular flexibility index (Phi) is 4.00. The number of halogens is 5. The van der Waals surface area contributed by atoms with Crippen molar-refractivity contribution in [3.8, 4) is 0 Å². The van der Waals surface area contributed by atoms with Crippen molar-refractivity contribution in [2.24, 2.45) is 0 Å². The average molecular weight is 282 g/mol. The topological polar surface area (TPSA) is 37.3 Å². The van der Waals surface area contributed by atoms with E-state index in [2.05, 4.69) is 0 Å². The number of alkyl halides is 5. The second kappa shape index (κ2) is 4.88. The van der Waals surface area contributed by atoms with Crippen LogP contribution < -0.4 is 0 Å². The maximum atomic E-state index is 13.5. The summed E-state index contributed by atoms with van der Waals surface area (Å²) < 4.78 is 64.3. The normalized spacial score (nSPS) is 15.9. The molecule has 0 fully saturated rings. The lowest BCUT2D eigenvalue weighted by Gasteiger charge is -2.36. The van der Waals surface area contributed by atoms with Gasteiger partial charge in [0.1, 0.15) is 5.78 Å². The van der Waals surface area contributed by atoms with E-state index in [0.29, 0.717) is 0 Å². The van der Waals surface area contributed by atoms with Crippen molar-refractivity contribution in [1.82, 2.24) is 0 Å². The smallest absolute Gasteiger partial charge is 0.378 e. The molecule has 0 spiro atoms. The first-order chi connectivity index (χ1) is 8.52. The van der Waals surface area contributed by atoms with Crippen molar-refractivity contribution in [2.75, 3.05) is 0 Å². The highest BCUT2D eigenvalue weighted by Crippen LogP contribution is 2.50. The number of hydrogen-bond donors (Lipinski definition) is 1. The van der Waals surface area contributed by atoms with Crippen LogP contribution in [0.4, 0.5) is 22.0 Å². The molecule has 1 atom stereocenters. The molecular formula is C12H11F5O2. The summed E-state index contributed by atoms with van der Waals surface area (Å²) in [6, 6.07) is 5.63. The van der Waals surface area contributed by atoms with E-state index in [1.807, 2.05) is 0 Å². The fraction of sp³-hybridized carbons (Fsp3) is 0.417. The van der Waals surface area contributed by atoms with Crippen molar-refractivity contribution in [1.29, 1.82) is 0 Å². The Morgan fingerprint density at radius 2 is 1.58 bits per heavy atom. The number of aliphatic hydroxyl groups is 1. The summed E-state index contributed by atoms with van der Waals surface area (Å²) in [6.45, 7) is 0.834. The third-order valence-corrected chi connectivity index (χ3v) is 2.63. The molecule has 106 valence electrons. The molecule has 2 nitrogen and oxygen atoms in total. The van der Waals surface area contributed by atoms with E-state index in [1.54, 1.807) is 0 Å². The first-order valence-corrected chi connectivity index (χ1v) is 5.24. The fourth-order valence-electron chi connectivity index (χ4n) is 1.70. The molecule has 0 radical (unpaired) electrons. The second-order valence-electron chi connectivity index (χ2n) is 4.18. The molecule has 1 aromatic carbocycles. The Balaban J connectivity index is 3.41. The lowest BCUT2D eigenvalue weighted by Crippen LogP contribution is -2.55. The van der Waals surface area contributed by atoms with E-state index in [1.165, 1.54) is 18.2 Å². The first-order valence-electron chi connectivity index (χ1n) is 5.24. The standard InChI is InChI=1S/C12H11F5O2/c1-8(18)7-10(19,9-5-3-2-4-6-9)11(13,14)12(15,16)17/h2-6,19H,7H2,1H3/t10-/m0/s1. The van der Waals surface area contributed by atoms with Gasteiger partial charge in [-0.15, -0.1) is 0 Å². The van der Waals surface area contributed by atoms with Crippen LogP contribution in [0.2, 0.25) is 0 Å². The van der Waals surface area contributed by atoms with Crippen LogP contribution in [0.5, 0.6) is 0 Å². The van der Waals surface area contributed by atoms with E-state index in [9.17, 15) is 31.9 Å². The third-order valence-electron chi connectivity index (χ3n) is 2.63. The monoisotopic (exact) mass is 282 g/mol. The summed E-state index contributed by atoms with van der Waals surface area (Å²) in [5, 5.41) is 9.83. The Bertz CT molecular complexity index is 455. The number of rotatable bonds is 4. The largest absolute Gasteiger partial charge is 0.456 e. The summed E-state index contributed by atoms with van der Waals surface area (Å²) >= 11 is 0. The third kappa shape index (κ3) is 2.75. The average Bonchev–Trinajstić information content (AvgIpc) is 2.27. The molecule has 0 aromatic heterocycles. The predicted octanol–water partition coefficient (Wildman–Crippen LogP) is 3.05. The van der Waals surface area contributed by atoms with E-state index >= 15 is 0 Å². The summed E-state index contributed by atoms with van der Waals surface area (Å²) in [6.07, 6.45) is -7.30. The number of carbonyl (C=O) groups is 1. The van der Waals surface area contributed by atoms with E-state index < -0.39 is 35.5 Å². The molecule has 0 bridgehead atoms. The van der Waals surface area contributed by atoms with E-state index in [-0.39, 0.29) is 0 Å². The van der Waals surface area contributed by atoms with Gasteiger partial charge >= 0.3 is 12.1 Å². The Morgan fingerprint density at radius 3 is 1.95 bits per heavy atom. The molecule has 0 aliphatic carbocycles. The molecule has 1 rings (SSSR count). The summed E-state index contributed by atoms with van der Waals surface area (Å²) in [5.74, 6) is -6.41. The summed E-state index contributed by atoms with van der Waals surface area (Å²) in [7, 11) is 0. The minimum atomic E-state index is -5.97. The molecule has 0 aliphatic heterocycles. The molecule has 0 heterocycles. The minimum absolute atomic E-state index is 0.660. The molecule has 0 saturated heterocycles. The molecule has 7 heteroatoms. The van der Waals surface area contributed by atoms with Gasteiger partial charge in [0.15, 0.2) is 5.60 Å². The van der Waals surface area contributed by atoms with Crippen LogP contribution in [0, 0.1) is 0 Å². The summed E-state index contributed by atoms with van der Waals surface area (Å²) in [5.41, 5.74) is -4.27. The van der Waals surface area contributed by atoms with Gasteiger partial charge in [0.2, 0.25) is 0 Å². The van der Waals surface area contributed by atoms with Gasteiger partial charge in [-0.1, -0.05) is 30.3 Å². The van der Waals surface area contributed by atoms with Crippen molar-refractivity contribution in [3.05, 3.63) is 35.9 Å².